The van der Waals surface area contributed by atoms with Crippen molar-refractivity contribution >= 4 is 11.8 Å². The number of hydrogen-bond acceptors (Lipinski definition) is 3. The van der Waals surface area contributed by atoms with Gasteiger partial charge >= 0.3 is 0 Å². The fourth-order valence-corrected chi connectivity index (χ4v) is 5.34. The summed E-state index contributed by atoms with van der Waals surface area (Å²) in [7, 11) is 2.23. The molecule has 0 aliphatic carbocycles. The van der Waals surface area contributed by atoms with E-state index >= 15 is 0 Å². The SMILES string of the molecule is CN1C[C@@H](c2ccccc2)CC2(CCN(C(=O)CN3CCCC3=O)CC2)C1. The van der Waals surface area contributed by atoms with Gasteiger partial charge in [0.2, 0.25) is 11.8 Å². The van der Waals surface area contributed by atoms with Crippen molar-refractivity contribution in [3.05, 3.63) is 35.9 Å². The zero-order valence-corrected chi connectivity index (χ0v) is 16.4. The standard InChI is InChI=1S/C22H31N3O2/c1-23-15-19(18-6-3-2-4-7-18)14-22(17-23)9-12-24(13-10-22)21(27)16-25-11-5-8-20(25)26/h2-4,6-7,19H,5,8-17H2,1H3/t19-/m0/s1. The van der Waals surface area contributed by atoms with E-state index in [2.05, 4.69) is 42.3 Å². The van der Waals surface area contributed by atoms with Crippen molar-refractivity contribution in [2.75, 3.05) is 46.3 Å². The van der Waals surface area contributed by atoms with Gasteiger partial charge in [-0.25, -0.2) is 0 Å². The second-order valence-corrected chi connectivity index (χ2v) is 8.81. The maximum atomic E-state index is 12.6. The van der Waals surface area contributed by atoms with Crippen molar-refractivity contribution in [3.63, 3.8) is 0 Å². The molecule has 3 fully saturated rings. The van der Waals surface area contributed by atoms with Crippen LogP contribution >= 0.6 is 0 Å². The fourth-order valence-electron chi connectivity index (χ4n) is 5.34. The summed E-state index contributed by atoms with van der Waals surface area (Å²) in [5.41, 5.74) is 1.75. The van der Waals surface area contributed by atoms with Crippen molar-refractivity contribution < 1.29 is 9.59 Å². The Labute approximate surface area is 162 Å². The van der Waals surface area contributed by atoms with Crippen molar-refractivity contribution in [2.24, 2.45) is 5.41 Å². The smallest absolute Gasteiger partial charge is 0.242 e. The predicted octanol–water partition coefficient (Wildman–Crippen LogP) is 2.34. The number of benzene rings is 1. The first-order valence-corrected chi connectivity index (χ1v) is 10.3. The van der Waals surface area contributed by atoms with Gasteiger partial charge in [-0.2, -0.15) is 0 Å². The van der Waals surface area contributed by atoms with Gasteiger partial charge in [-0.1, -0.05) is 30.3 Å². The number of amides is 2. The molecule has 27 heavy (non-hydrogen) atoms. The monoisotopic (exact) mass is 369 g/mol. The van der Waals surface area contributed by atoms with Crippen LogP contribution in [0.1, 0.15) is 43.6 Å². The van der Waals surface area contributed by atoms with E-state index in [9.17, 15) is 9.59 Å². The topological polar surface area (TPSA) is 43.9 Å². The lowest BCUT2D eigenvalue weighted by molar-refractivity contribution is -0.140. The van der Waals surface area contributed by atoms with Crippen molar-refractivity contribution in [2.45, 2.75) is 38.0 Å². The maximum absolute atomic E-state index is 12.6. The van der Waals surface area contributed by atoms with Gasteiger partial charge in [-0.3, -0.25) is 9.59 Å². The number of likely N-dealkylation sites (tertiary alicyclic amines) is 3. The molecule has 1 atom stereocenters. The molecule has 146 valence electrons. The zero-order valence-electron chi connectivity index (χ0n) is 16.4. The average molecular weight is 370 g/mol. The Bertz CT molecular complexity index is 682. The Morgan fingerprint density at radius 1 is 1.15 bits per heavy atom. The van der Waals surface area contributed by atoms with Gasteiger partial charge in [-0.15, -0.1) is 0 Å². The molecule has 0 bridgehead atoms. The van der Waals surface area contributed by atoms with Crippen LogP contribution in [0.2, 0.25) is 0 Å². The molecule has 5 heteroatoms. The number of rotatable bonds is 3. The van der Waals surface area contributed by atoms with Gasteiger partial charge in [-0.05, 0) is 49.6 Å². The van der Waals surface area contributed by atoms with Gasteiger partial charge in [0, 0.05) is 39.1 Å². The molecule has 0 radical (unpaired) electrons. The molecule has 0 N–H and O–H groups in total. The highest BCUT2D eigenvalue weighted by molar-refractivity contribution is 5.85. The normalized spacial score (nSPS) is 26.0. The van der Waals surface area contributed by atoms with Crippen LogP contribution in [0.5, 0.6) is 0 Å². The predicted molar refractivity (Wildman–Crippen MR) is 105 cm³/mol. The summed E-state index contributed by atoms with van der Waals surface area (Å²) in [6, 6.07) is 10.9. The lowest BCUT2D eigenvalue weighted by Gasteiger charge is -2.49. The molecule has 0 unspecified atom stereocenters. The second kappa shape index (κ2) is 7.63. The Kier molecular flexibility index (Phi) is 5.22. The van der Waals surface area contributed by atoms with Gasteiger partial charge in [0.15, 0.2) is 0 Å². The van der Waals surface area contributed by atoms with E-state index in [0.29, 0.717) is 17.8 Å². The number of carbonyl (C=O) groups excluding carboxylic acids is 2. The number of carbonyl (C=O) groups is 2. The maximum Gasteiger partial charge on any atom is 0.242 e. The molecular weight excluding hydrogens is 338 g/mol. The summed E-state index contributed by atoms with van der Waals surface area (Å²) >= 11 is 0. The van der Waals surface area contributed by atoms with Crippen LogP contribution in [0.15, 0.2) is 30.3 Å². The second-order valence-electron chi connectivity index (χ2n) is 8.81. The summed E-state index contributed by atoms with van der Waals surface area (Å²) in [5.74, 6) is 0.842. The van der Waals surface area contributed by atoms with Crippen molar-refractivity contribution in [1.82, 2.24) is 14.7 Å². The molecule has 0 saturated carbocycles. The van der Waals surface area contributed by atoms with Crippen LogP contribution in [0.3, 0.4) is 0 Å². The summed E-state index contributed by atoms with van der Waals surface area (Å²) in [4.78, 5) is 30.6. The van der Waals surface area contributed by atoms with Crippen LogP contribution in [0.25, 0.3) is 0 Å². The third-order valence-electron chi connectivity index (χ3n) is 6.76. The van der Waals surface area contributed by atoms with E-state index < -0.39 is 0 Å². The van der Waals surface area contributed by atoms with E-state index in [4.69, 9.17) is 0 Å². The number of piperidine rings is 2. The third-order valence-corrected chi connectivity index (χ3v) is 6.76. The van der Waals surface area contributed by atoms with E-state index in [1.54, 1.807) is 4.90 Å². The molecule has 3 heterocycles. The van der Waals surface area contributed by atoms with Crippen molar-refractivity contribution in [3.8, 4) is 0 Å². The highest BCUT2D eigenvalue weighted by Gasteiger charge is 2.42. The lowest BCUT2D eigenvalue weighted by atomic mass is 9.68. The number of likely N-dealkylation sites (N-methyl/N-ethyl adjacent to an activating group) is 1. The Morgan fingerprint density at radius 3 is 2.56 bits per heavy atom. The molecule has 1 aromatic rings. The summed E-state index contributed by atoms with van der Waals surface area (Å²) in [6.45, 7) is 4.92. The lowest BCUT2D eigenvalue weighted by Crippen LogP contribution is -2.52. The molecule has 4 rings (SSSR count). The van der Waals surface area contributed by atoms with Crippen LogP contribution in [-0.2, 0) is 9.59 Å². The minimum absolute atomic E-state index is 0.129. The Balaban J connectivity index is 1.37. The van der Waals surface area contributed by atoms with Gasteiger partial charge < -0.3 is 14.7 Å². The minimum Gasteiger partial charge on any atom is -0.341 e. The number of hydrogen-bond donors (Lipinski definition) is 0. The van der Waals surface area contributed by atoms with Crippen LogP contribution < -0.4 is 0 Å². The van der Waals surface area contributed by atoms with Crippen LogP contribution in [-0.4, -0.2) is 72.8 Å². The number of nitrogens with zero attached hydrogens (tertiary/aromatic N) is 3. The van der Waals surface area contributed by atoms with E-state index in [0.717, 1.165) is 52.0 Å². The molecule has 3 aliphatic rings. The first kappa shape index (κ1) is 18.5. The van der Waals surface area contributed by atoms with Crippen LogP contribution in [0.4, 0.5) is 0 Å². The highest BCUT2D eigenvalue weighted by atomic mass is 16.2. The molecule has 1 aromatic carbocycles. The van der Waals surface area contributed by atoms with E-state index in [1.165, 1.54) is 12.0 Å². The minimum atomic E-state index is 0.129. The zero-order chi connectivity index (χ0) is 18.9. The molecule has 1 spiro atoms. The summed E-state index contributed by atoms with van der Waals surface area (Å²) < 4.78 is 0. The van der Waals surface area contributed by atoms with Gasteiger partial charge in [0.05, 0.1) is 6.54 Å². The summed E-state index contributed by atoms with van der Waals surface area (Å²) in [6.07, 6.45) is 4.85. The van der Waals surface area contributed by atoms with Crippen molar-refractivity contribution in [1.29, 1.82) is 0 Å². The van der Waals surface area contributed by atoms with Gasteiger partial charge in [0.1, 0.15) is 0 Å². The quantitative estimate of drug-likeness (QED) is 0.821. The molecule has 2 amide bonds. The average Bonchev–Trinajstić information content (AvgIpc) is 3.07. The third kappa shape index (κ3) is 4.03. The molecule has 3 saturated heterocycles. The summed E-state index contributed by atoms with van der Waals surface area (Å²) in [5, 5.41) is 0. The van der Waals surface area contributed by atoms with Crippen LogP contribution in [0, 0.1) is 5.41 Å². The fraction of sp³-hybridized carbons (Fsp3) is 0.636. The highest BCUT2D eigenvalue weighted by Crippen LogP contribution is 2.44. The molecule has 5 nitrogen and oxygen atoms in total. The van der Waals surface area contributed by atoms with E-state index in [1.807, 2.05) is 4.90 Å². The largest absolute Gasteiger partial charge is 0.341 e. The Morgan fingerprint density at radius 2 is 1.89 bits per heavy atom. The Hall–Kier alpha value is -1.88. The molecule has 0 aromatic heterocycles. The molecule has 3 aliphatic heterocycles. The van der Waals surface area contributed by atoms with E-state index in [-0.39, 0.29) is 18.4 Å². The molecular formula is C22H31N3O2. The van der Waals surface area contributed by atoms with Gasteiger partial charge in [0.25, 0.3) is 0 Å². The first-order valence-electron chi connectivity index (χ1n) is 10.3. The first-order chi connectivity index (χ1) is 13.0.